The monoisotopic (exact) mass is 205 g/mol. The lowest BCUT2D eigenvalue weighted by molar-refractivity contribution is 0.101. The Morgan fingerprint density at radius 3 is 3.00 bits per heavy atom. The van der Waals surface area contributed by atoms with Crippen molar-refractivity contribution in [1.82, 2.24) is 15.2 Å². The summed E-state index contributed by atoms with van der Waals surface area (Å²) in [5.41, 5.74) is 1.66. The number of H-pyrrole nitrogens is 1. The van der Waals surface area contributed by atoms with Gasteiger partial charge in [-0.15, -0.1) is 0 Å². The van der Waals surface area contributed by atoms with Crippen molar-refractivity contribution in [3.63, 3.8) is 0 Å². The molecule has 0 radical (unpaired) electrons. The molecule has 2 rings (SSSR count). The molecule has 15 heavy (non-hydrogen) atoms. The van der Waals surface area contributed by atoms with E-state index in [-0.39, 0.29) is 5.78 Å². The molecule has 78 valence electrons. The lowest BCUT2D eigenvalue weighted by Gasteiger charge is -2.00. The number of nitrogens with one attached hydrogen (secondary N) is 1. The molecular formula is C10H11N3O2. The van der Waals surface area contributed by atoms with Gasteiger partial charge in [0.2, 0.25) is 5.88 Å². The molecule has 0 spiro atoms. The minimum Gasteiger partial charge on any atom is -0.478 e. The van der Waals surface area contributed by atoms with E-state index < -0.39 is 0 Å². The largest absolute Gasteiger partial charge is 0.478 e. The molecule has 0 bridgehead atoms. The lowest BCUT2D eigenvalue weighted by Crippen LogP contribution is -1.97. The first-order valence-electron chi connectivity index (χ1n) is 4.71. The summed E-state index contributed by atoms with van der Waals surface area (Å²) in [6.45, 7) is 3.89. The van der Waals surface area contributed by atoms with Crippen molar-refractivity contribution in [1.29, 1.82) is 0 Å². The highest BCUT2D eigenvalue weighted by Crippen LogP contribution is 2.17. The first kappa shape index (κ1) is 9.64. The zero-order valence-electron chi connectivity index (χ0n) is 8.57. The normalized spacial score (nSPS) is 10.5. The molecule has 5 heteroatoms. The number of fused-ring (bicyclic) bond motifs is 1. The van der Waals surface area contributed by atoms with E-state index in [1.165, 1.54) is 6.92 Å². The number of hydrogen-bond acceptors (Lipinski definition) is 4. The minimum absolute atomic E-state index is 0.109. The van der Waals surface area contributed by atoms with Gasteiger partial charge in [0.15, 0.2) is 11.5 Å². The molecule has 1 N–H and O–H groups in total. The summed E-state index contributed by atoms with van der Waals surface area (Å²) >= 11 is 0. The van der Waals surface area contributed by atoms with E-state index >= 15 is 0 Å². The van der Waals surface area contributed by atoms with Gasteiger partial charge in [-0.05, 0) is 13.0 Å². The highest BCUT2D eigenvalue weighted by atomic mass is 16.5. The van der Waals surface area contributed by atoms with Crippen LogP contribution in [0, 0.1) is 0 Å². The second-order valence-electron chi connectivity index (χ2n) is 3.11. The number of aromatic amines is 1. The number of ether oxygens (including phenoxy) is 1. The minimum atomic E-state index is -0.109. The number of nitrogens with zero attached hydrogens (tertiary/aromatic N) is 2. The number of carbonyl (C=O) groups excluding carboxylic acids is 1. The van der Waals surface area contributed by atoms with Crippen molar-refractivity contribution >= 4 is 16.8 Å². The van der Waals surface area contributed by atoms with Crippen LogP contribution in [0.4, 0.5) is 0 Å². The van der Waals surface area contributed by atoms with Crippen LogP contribution in [-0.4, -0.2) is 27.6 Å². The average molecular weight is 205 g/mol. The van der Waals surface area contributed by atoms with Gasteiger partial charge in [-0.2, -0.15) is 5.10 Å². The van der Waals surface area contributed by atoms with E-state index in [2.05, 4.69) is 15.2 Å². The average Bonchev–Trinajstić information content (AvgIpc) is 2.61. The smallest absolute Gasteiger partial charge is 0.213 e. The topological polar surface area (TPSA) is 67.9 Å². The Bertz CT molecular complexity index is 504. The number of carbonyl (C=O) groups is 1. The number of pyridine rings is 1. The molecule has 0 atom stereocenters. The Balaban J connectivity index is 2.56. The maximum Gasteiger partial charge on any atom is 0.213 e. The molecule has 2 aromatic heterocycles. The number of hydrogen-bond donors (Lipinski definition) is 1. The third-order valence-corrected chi connectivity index (χ3v) is 2.01. The summed E-state index contributed by atoms with van der Waals surface area (Å²) in [6, 6.07) is 3.54. The molecule has 0 saturated carbocycles. The van der Waals surface area contributed by atoms with Gasteiger partial charge >= 0.3 is 0 Å². The van der Waals surface area contributed by atoms with Crippen LogP contribution in [0.5, 0.6) is 5.88 Å². The molecule has 0 aromatic carbocycles. The Hall–Kier alpha value is -1.91. The van der Waals surface area contributed by atoms with Crippen molar-refractivity contribution in [3.05, 3.63) is 17.8 Å². The Kier molecular flexibility index (Phi) is 2.37. The Morgan fingerprint density at radius 1 is 1.53 bits per heavy atom. The molecule has 0 aliphatic heterocycles. The van der Waals surface area contributed by atoms with Gasteiger partial charge in [-0.1, -0.05) is 0 Å². The summed E-state index contributed by atoms with van der Waals surface area (Å²) in [5.74, 6) is 0.399. The fourth-order valence-electron chi connectivity index (χ4n) is 1.35. The second kappa shape index (κ2) is 3.68. The van der Waals surface area contributed by atoms with Crippen LogP contribution < -0.4 is 4.74 Å². The number of ketones is 1. The van der Waals surface area contributed by atoms with E-state index in [0.29, 0.717) is 23.7 Å². The molecule has 0 aliphatic rings. The van der Waals surface area contributed by atoms with E-state index in [0.717, 1.165) is 5.52 Å². The fraction of sp³-hybridized carbons (Fsp3) is 0.300. The zero-order chi connectivity index (χ0) is 10.8. The molecule has 0 unspecified atom stereocenters. The molecule has 0 aliphatic carbocycles. The molecule has 0 amide bonds. The first-order chi connectivity index (χ1) is 7.22. The van der Waals surface area contributed by atoms with Gasteiger partial charge in [0.1, 0.15) is 5.52 Å². The summed E-state index contributed by atoms with van der Waals surface area (Å²) in [4.78, 5) is 15.4. The third kappa shape index (κ3) is 1.68. The van der Waals surface area contributed by atoms with Gasteiger partial charge in [-0.25, -0.2) is 4.98 Å². The summed E-state index contributed by atoms with van der Waals surface area (Å²) in [5, 5.41) is 6.65. The predicted molar refractivity (Wildman–Crippen MR) is 55.1 cm³/mol. The quantitative estimate of drug-likeness (QED) is 0.772. The SMILES string of the molecule is CCOc1ccc2[nH]nc(C(C)=O)c2n1. The van der Waals surface area contributed by atoms with Gasteiger partial charge in [0.05, 0.1) is 12.1 Å². The van der Waals surface area contributed by atoms with Crippen molar-refractivity contribution in [3.8, 4) is 5.88 Å². The van der Waals surface area contributed by atoms with Crippen LogP contribution in [0.3, 0.4) is 0 Å². The number of aromatic nitrogens is 3. The second-order valence-corrected chi connectivity index (χ2v) is 3.11. The maximum absolute atomic E-state index is 11.2. The van der Waals surface area contributed by atoms with Crippen LogP contribution in [0.2, 0.25) is 0 Å². The summed E-state index contributed by atoms with van der Waals surface area (Å²) < 4.78 is 5.25. The Morgan fingerprint density at radius 2 is 2.33 bits per heavy atom. The zero-order valence-corrected chi connectivity index (χ0v) is 8.57. The maximum atomic E-state index is 11.2. The van der Waals surface area contributed by atoms with Gasteiger partial charge in [0, 0.05) is 13.0 Å². The number of rotatable bonds is 3. The highest BCUT2D eigenvalue weighted by molar-refractivity contribution is 6.03. The van der Waals surface area contributed by atoms with Crippen LogP contribution in [0.15, 0.2) is 12.1 Å². The van der Waals surface area contributed by atoms with E-state index in [1.54, 1.807) is 12.1 Å². The standard InChI is InChI=1S/C10H11N3O2/c1-3-15-8-5-4-7-10(11-8)9(6(2)14)13-12-7/h4-5H,3H2,1-2H3,(H,12,13). The van der Waals surface area contributed by atoms with Crippen LogP contribution >= 0.6 is 0 Å². The van der Waals surface area contributed by atoms with Crippen molar-refractivity contribution in [2.75, 3.05) is 6.61 Å². The van der Waals surface area contributed by atoms with E-state index in [9.17, 15) is 4.79 Å². The van der Waals surface area contributed by atoms with E-state index in [4.69, 9.17) is 4.74 Å². The van der Waals surface area contributed by atoms with Gasteiger partial charge in [0.25, 0.3) is 0 Å². The summed E-state index contributed by atoms with van der Waals surface area (Å²) in [6.07, 6.45) is 0. The molecule has 0 fully saturated rings. The van der Waals surface area contributed by atoms with Crippen molar-refractivity contribution in [2.45, 2.75) is 13.8 Å². The molecule has 5 nitrogen and oxygen atoms in total. The lowest BCUT2D eigenvalue weighted by atomic mass is 10.2. The fourth-order valence-corrected chi connectivity index (χ4v) is 1.35. The first-order valence-corrected chi connectivity index (χ1v) is 4.71. The van der Waals surface area contributed by atoms with Crippen LogP contribution in [0.1, 0.15) is 24.3 Å². The highest BCUT2D eigenvalue weighted by Gasteiger charge is 2.11. The van der Waals surface area contributed by atoms with Gasteiger partial charge in [-0.3, -0.25) is 9.89 Å². The number of Topliss-reactive ketones (excluding diaryl/α,β-unsaturated/α-hetero) is 1. The third-order valence-electron chi connectivity index (χ3n) is 2.01. The van der Waals surface area contributed by atoms with Crippen molar-refractivity contribution in [2.24, 2.45) is 0 Å². The molecule has 0 saturated heterocycles. The van der Waals surface area contributed by atoms with Crippen LogP contribution in [0.25, 0.3) is 11.0 Å². The summed E-state index contributed by atoms with van der Waals surface area (Å²) in [7, 11) is 0. The molecule has 2 heterocycles. The van der Waals surface area contributed by atoms with Gasteiger partial charge < -0.3 is 4.74 Å². The molecular weight excluding hydrogens is 194 g/mol. The Labute approximate surface area is 86.5 Å². The van der Waals surface area contributed by atoms with E-state index in [1.807, 2.05) is 6.92 Å². The van der Waals surface area contributed by atoms with Crippen molar-refractivity contribution < 1.29 is 9.53 Å². The predicted octanol–water partition coefficient (Wildman–Crippen LogP) is 1.56. The molecule has 2 aromatic rings. The van der Waals surface area contributed by atoms with Crippen LogP contribution in [-0.2, 0) is 0 Å².